The van der Waals surface area contributed by atoms with Crippen molar-refractivity contribution in [3.05, 3.63) is 35.9 Å². The first kappa shape index (κ1) is 14.6. The second-order valence-corrected chi connectivity index (χ2v) is 6.81. The molecule has 0 saturated heterocycles. The lowest BCUT2D eigenvalue weighted by Gasteiger charge is -2.22. The lowest BCUT2D eigenvalue weighted by Crippen LogP contribution is -2.43. The predicted octanol–water partition coefficient (Wildman–Crippen LogP) is 2.50. The van der Waals surface area contributed by atoms with Crippen LogP contribution in [0.4, 0.5) is 0 Å². The Morgan fingerprint density at radius 2 is 2.05 bits per heavy atom. The maximum Gasteiger partial charge on any atom is 0.236 e. The van der Waals surface area contributed by atoms with E-state index in [1.165, 1.54) is 31.2 Å². The minimum atomic E-state index is -0.385. The fourth-order valence-electron chi connectivity index (χ4n) is 4.09. The van der Waals surface area contributed by atoms with E-state index < -0.39 is 0 Å². The molecule has 21 heavy (non-hydrogen) atoms. The number of aryl methyl sites for hydroxylation is 1. The van der Waals surface area contributed by atoms with Crippen LogP contribution in [0.15, 0.2) is 30.3 Å². The van der Waals surface area contributed by atoms with Crippen molar-refractivity contribution in [1.29, 1.82) is 0 Å². The number of rotatable bonds is 6. The Balaban J connectivity index is 1.38. The molecule has 3 unspecified atom stereocenters. The van der Waals surface area contributed by atoms with Gasteiger partial charge < -0.3 is 11.1 Å². The Morgan fingerprint density at radius 1 is 1.24 bits per heavy atom. The summed E-state index contributed by atoms with van der Waals surface area (Å²) in [5.74, 6) is 2.52. The van der Waals surface area contributed by atoms with Gasteiger partial charge in [-0.15, -0.1) is 0 Å². The highest BCUT2D eigenvalue weighted by Gasteiger charge is 2.39. The van der Waals surface area contributed by atoms with Gasteiger partial charge in [0.1, 0.15) is 0 Å². The molecule has 3 rings (SSSR count). The SMILES string of the molecule is N[C@@H](CCc1ccccc1)C(=O)NCC1CC2CCC1C2. The normalized spacial score (nSPS) is 28.5. The average Bonchev–Trinajstić information content (AvgIpc) is 3.14. The molecule has 1 aromatic carbocycles. The maximum absolute atomic E-state index is 12.1. The van der Waals surface area contributed by atoms with Gasteiger partial charge in [0.2, 0.25) is 5.91 Å². The second-order valence-electron chi connectivity index (χ2n) is 6.81. The Kier molecular flexibility index (Phi) is 4.59. The number of hydrogen-bond donors (Lipinski definition) is 2. The maximum atomic E-state index is 12.1. The summed E-state index contributed by atoms with van der Waals surface area (Å²) in [7, 11) is 0. The molecule has 2 aliphatic rings. The number of fused-ring (bicyclic) bond motifs is 2. The van der Waals surface area contributed by atoms with Gasteiger partial charge in [-0.3, -0.25) is 4.79 Å². The number of hydrogen-bond acceptors (Lipinski definition) is 2. The molecule has 2 aliphatic carbocycles. The van der Waals surface area contributed by atoms with E-state index in [4.69, 9.17) is 5.73 Å². The van der Waals surface area contributed by atoms with E-state index in [-0.39, 0.29) is 11.9 Å². The molecular formula is C18H26N2O. The topological polar surface area (TPSA) is 55.1 Å². The van der Waals surface area contributed by atoms with Crippen LogP contribution < -0.4 is 11.1 Å². The molecule has 2 fully saturated rings. The highest BCUT2D eigenvalue weighted by atomic mass is 16.2. The van der Waals surface area contributed by atoms with Crippen LogP contribution in [0.25, 0.3) is 0 Å². The minimum absolute atomic E-state index is 0.0219. The summed E-state index contributed by atoms with van der Waals surface area (Å²) in [5, 5.41) is 3.08. The van der Waals surface area contributed by atoms with Gasteiger partial charge in [-0.25, -0.2) is 0 Å². The van der Waals surface area contributed by atoms with E-state index in [2.05, 4.69) is 17.4 Å². The third kappa shape index (κ3) is 3.65. The van der Waals surface area contributed by atoms with Crippen molar-refractivity contribution in [2.75, 3.05) is 6.54 Å². The molecule has 0 aliphatic heterocycles. The summed E-state index contributed by atoms with van der Waals surface area (Å²) in [5.41, 5.74) is 7.26. The monoisotopic (exact) mass is 286 g/mol. The summed E-state index contributed by atoms with van der Waals surface area (Å²) in [4.78, 5) is 12.1. The van der Waals surface area contributed by atoms with Gasteiger partial charge in [-0.05, 0) is 55.4 Å². The van der Waals surface area contributed by atoms with Crippen molar-refractivity contribution in [2.45, 2.75) is 44.6 Å². The summed E-state index contributed by atoms with van der Waals surface area (Å²) in [6, 6.07) is 9.83. The largest absolute Gasteiger partial charge is 0.354 e. The van der Waals surface area contributed by atoms with Crippen LogP contribution in [0.1, 0.15) is 37.7 Å². The molecule has 0 aromatic heterocycles. The first-order valence-corrected chi connectivity index (χ1v) is 8.29. The summed E-state index contributed by atoms with van der Waals surface area (Å²) in [6.07, 6.45) is 7.05. The van der Waals surface area contributed by atoms with Crippen LogP contribution >= 0.6 is 0 Å². The quantitative estimate of drug-likeness (QED) is 0.844. The Bertz CT molecular complexity index is 473. The van der Waals surface area contributed by atoms with Gasteiger partial charge in [0.05, 0.1) is 6.04 Å². The number of nitrogens with two attached hydrogens (primary N) is 1. The highest BCUT2D eigenvalue weighted by molar-refractivity contribution is 5.81. The third-order valence-electron chi connectivity index (χ3n) is 5.35. The first-order chi connectivity index (χ1) is 10.2. The number of benzene rings is 1. The zero-order valence-corrected chi connectivity index (χ0v) is 12.6. The molecule has 1 amide bonds. The van der Waals surface area contributed by atoms with E-state index in [0.717, 1.165) is 24.8 Å². The standard InChI is InChI=1S/C18H26N2O/c19-17(9-7-13-4-2-1-3-5-13)18(21)20-12-16-11-14-6-8-15(16)10-14/h1-5,14-17H,6-12,19H2,(H,20,21)/t14?,15?,16?,17-/m0/s1. The summed E-state index contributed by atoms with van der Waals surface area (Å²) in [6.45, 7) is 0.832. The van der Waals surface area contributed by atoms with Gasteiger partial charge >= 0.3 is 0 Å². The highest BCUT2D eigenvalue weighted by Crippen LogP contribution is 2.47. The van der Waals surface area contributed by atoms with Crippen LogP contribution in [0, 0.1) is 17.8 Å². The zero-order chi connectivity index (χ0) is 14.7. The van der Waals surface area contributed by atoms with Gasteiger partial charge in [0, 0.05) is 6.54 Å². The number of carbonyl (C=O) groups excluding carboxylic acids is 1. The second kappa shape index (κ2) is 6.61. The molecule has 0 heterocycles. The van der Waals surface area contributed by atoms with Gasteiger partial charge in [0.15, 0.2) is 0 Å². The fraction of sp³-hybridized carbons (Fsp3) is 0.611. The number of amides is 1. The molecule has 1 aromatic rings. The van der Waals surface area contributed by atoms with Gasteiger partial charge in [-0.2, -0.15) is 0 Å². The lowest BCUT2D eigenvalue weighted by atomic mass is 9.89. The van der Waals surface area contributed by atoms with E-state index >= 15 is 0 Å². The van der Waals surface area contributed by atoms with Crippen molar-refractivity contribution in [2.24, 2.45) is 23.5 Å². The van der Waals surface area contributed by atoms with E-state index in [0.29, 0.717) is 12.3 Å². The molecule has 3 N–H and O–H groups in total. The molecule has 0 radical (unpaired) electrons. The average molecular weight is 286 g/mol. The van der Waals surface area contributed by atoms with Crippen LogP contribution in [-0.4, -0.2) is 18.5 Å². The summed E-state index contributed by atoms with van der Waals surface area (Å²) < 4.78 is 0. The Morgan fingerprint density at radius 3 is 2.71 bits per heavy atom. The van der Waals surface area contributed by atoms with Crippen molar-refractivity contribution < 1.29 is 4.79 Å². The molecule has 0 spiro atoms. The van der Waals surface area contributed by atoms with E-state index in [9.17, 15) is 4.79 Å². The summed E-state index contributed by atoms with van der Waals surface area (Å²) >= 11 is 0. The van der Waals surface area contributed by atoms with Crippen molar-refractivity contribution in [1.82, 2.24) is 5.32 Å². The number of nitrogens with one attached hydrogen (secondary N) is 1. The first-order valence-electron chi connectivity index (χ1n) is 8.29. The fourth-order valence-corrected chi connectivity index (χ4v) is 4.09. The predicted molar refractivity (Wildman–Crippen MR) is 84.7 cm³/mol. The molecule has 3 heteroatoms. The smallest absolute Gasteiger partial charge is 0.236 e. The lowest BCUT2D eigenvalue weighted by molar-refractivity contribution is -0.122. The molecule has 114 valence electrons. The molecule has 3 nitrogen and oxygen atoms in total. The van der Waals surface area contributed by atoms with E-state index in [1.807, 2.05) is 18.2 Å². The van der Waals surface area contributed by atoms with Crippen molar-refractivity contribution in [3.63, 3.8) is 0 Å². The van der Waals surface area contributed by atoms with E-state index in [1.54, 1.807) is 0 Å². The Hall–Kier alpha value is -1.35. The third-order valence-corrected chi connectivity index (χ3v) is 5.35. The number of carbonyl (C=O) groups is 1. The van der Waals surface area contributed by atoms with Crippen molar-refractivity contribution >= 4 is 5.91 Å². The van der Waals surface area contributed by atoms with Crippen molar-refractivity contribution in [3.8, 4) is 0 Å². The molecular weight excluding hydrogens is 260 g/mol. The van der Waals surface area contributed by atoms with Crippen LogP contribution in [0.5, 0.6) is 0 Å². The Labute approximate surface area is 127 Å². The van der Waals surface area contributed by atoms with Gasteiger partial charge in [0.25, 0.3) is 0 Å². The minimum Gasteiger partial charge on any atom is -0.354 e. The van der Waals surface area contributed by atoms with Crippen LogP contribution in [0.3, 0.4) is 0 Å². The van der Waals surface area contributed by atoms with Gasteiger partial charge in [-0.1, -0.05) is 36.8 Å². The van der Waals surface area contributed by atoms with Crippen LogP contribution in [0.2, 0.25) is 0 Å². The molecule has 2 bridgehead atoms. The van der Waals surface area contributed by atoms with Crippen LogP contribution in [-0.2, 0) is 11.2 Å². The zero-order valence-electron chi connectivity index (χ0n) is 12.6. The molecule has 4 atom stereocenters. The molecule has 2 saturated carbocycles.